The van der Waals surface area contributed by atoms with E-state index in [9.17, 15) is 21.6 Å². The van der Waals surface area contributed by atoms with Crippen molar-refractivity contribution in [3.05, 3.63) is 57.9 Å². The van der Waals surface area contributed by atoms with Crippen LogP contribution in [-0.2, 0) is 33.7 Å². The molecule has 0 radical (unpaired) electrons. The summed E-state index contributed by atoms with van der Waals surface area (Å²) in [6.07, 6.45) is -4.74. The third kappa shape index (κ3) is 4.56. The molecule has 2 aromatic heterocycles. The van der Waals surface area contributed by atoms with E-state index < -0.39 is 53.5 Å². The van der Waals surface area contributed by atoms with Crippen LogP contribution in [-0.4, -0.2) is 78.6 Å². The number of likely N-dealkylation sites (tertiary alicyclic amines) is 1. The lowest BCUT2D eigenvalue weighted by Gasteiger charge is -2.54. The van der Waals surface area contributed by atoms with Crippen LogP contribution >= 0.6 is 0 Å². The van der Waals surface area contributed by atoms with Crippen LogP contribution in [0, 0.1) is 19.3 Å². The molecule has 3 aliphatic rings. The summed E-state index contributed by atoms with van der Waals surface area (Å²) in [5, 5.41) is 4.42. The number of sulfone groups is 1. The molecule has 1 spiro atoms. The number of nitrogens with zero attached hydrogens (tertiary/aromatic N) is 5. The van der Waals surface area contributed by atoms with Gasteiger partial charge in [0.05, 0.1) is 52.5 Å². The first-order chi connectivity index (χ1) is 20.9. The van der Waals surface area contributed by atoms with Crippen molar-refractivity contribution in [3.8, 4) is 0 Å². The third-order valence-corrected chi connectivity index (χ3v) is 9.33. The fraction of sp³-hybridized carbons (Fsp3) is 0.538. The van der Waals surface area contributed by atoms with Crippen molar-refractivity contribution in [1.82, 2.24) is 19.5 Å². The van der Waals surface area contributed by atoms with Gasteiger partial charge in [-0.15, -0.1) is 5.10 Å². The molecule has 3 fully saturated rings. The van der Waals surface area contributed by atoms with Gasteiger partial charge >= 0.3 is 6.18 Å². The quantitative estimate of drug-likeness (QED) is 0.477. The predicted molar refractivity (Wildman–Crippen MR) is 136 cm³/mol. The Bertz CT molecular complexity index is 1820. The Labute approximate surface area is 230 Å². The number of halogens is 3. The Morgan fingerprint density at radius 2 is 1.87 bits per heavy atom. The first-order valence-electron chi connectivity index (χ1n) is 15.9. The summed E-state index contributed by atoms with van der Waals surface area (Å²) in [5.74, 6) is -0.344. The number of rotatable bonds is 5. The lowest BCUT2D eigenvalue weighted by atomic mass is 9.83. The molecule has 3 aliphatic heterocycles. The maximum absolute atomic E-state index is 13.8. The second-order valence-corrected chi connectivity index (χ2v) is 12.3. The van der Waals surface area contributed by atoms with E-state index in [-0.39, 0.29) is 51.6 Å². The molecule has 1 aromatic carbocycles. The van der Waals surface area contributed by atoms with Gasteiger partial charge in [0.25, 0.3) is 0 Å². The number of morpholine rings is 1. The number of imidazole rings is 1. The van der Waals surface area contributed by atoms with Crippen LogP contribution in [0.4, 0.5) is 19.0 Å². The monoisotopic (exact) mass is 557 g/mol. The van der Waals surface area contributed by atoms with E-state index in [0.29, 0.717) is 30.0 Å². The van der Waals surface area contributed by atoms with Crippen molar-refractivity contribution in [2.24, 2.45) is 5.41 Å². The number of anilines is 1. The fourth-order valence-electron chi connectivity index (χ4n) is 5.62. The van der Waals surface area contributed by atoms with E-state index in [1.807, 2.05) is 4.90 Å². The average Bonchev–Trinajstić information content (AvgIpc) is 3.18. The summed E-state index contributed by atoms with van der Waals surface area (Å²) in [7, 11) is -3.07. The van der Waals surface area contributed by atoms with Crippen molar-refractivity contribution < 1.29 is 37.3 Å². The SMILES string of the molecule is [2H]C1([2H])OC([2H])([2H])C([2H])([2H])N(c2cc(C)c3nc(CN4CC5(C4)CS(=O)(=O)C5)c(Cc4cccc(C(F)(F)F)c4C)n3n2)C1([2H])[2H]. The van der Waals surface area contributed by atoms with Crippen molar-refractivity contribution in [1.29, 1.82) is 0 Å². The highest BCUT2D eigenvalue weighted by atomic mass is 32.2. The van der Waals surface area contributed by atoms with Gasteiger partial charge in [0.15, 0.2) is 15.5 Å². The molecule has 12 heteroatoms. The van der Waals surface area contributed by atoms with E-state index in [1.54, 1.807) is 6.92 Å². The normalized spacial score (nSPS) is 29.4. The molecule has 5 heterocycles. The summed E-state index contributed by atoms with van der Waals surface area (Å²) in [5.41, 5.74) is 0.322. The molecule has 0 saturated carbocycles. The lowest BCUT2D eigenvalue weighted by Crippen LogP contribution is -2.67. The number of alkyl halides is 3. The Hall–Kier alpha value is -2.70. The van der Waals surface area contributed by atoms with Crippen LogP contribution in [0.1, 0.15) is 44.6 Å². The van der Waals surface area contributed by atoms with E-state index in [4.69, 9.17) is 16.0 Å². The lowest BCUT2D eigenvalue weighted by molar-refractivity contribution is -0.138. The first kappa shape index (κ1) is 17.8. The minimum atomic E-state index is -4.62. The molecule has 38 heavy (non-hydrogen) atoms. The summed E-state index contributed by atoms with van der Waals surface area (Å²) >= 11 is 0. The Morgan fingerprint density at radius 3 is 2.53 bits per heavy atom. The van der Waals surface area contributed by atoms with Crippen molar-refractivity contribution in [2.75, 3.05) is 55.6 Å². The number of aryl methyl sites for hydroxylation is 1. The van der Waals surface area contributed by atoms with Crippen LogP contribution in [0.5, 0.6) is 0 Å². The molecule has 0 bridgehead atoms. The van der Waals surface area contributed by atoms with Gasteiger partial charge in [-0.25, -0.2) is 17.9 Å². The molecule has 0 aliphatic carbocycles. The van der Waals surface area contributed by atoms with Gasteiger partial charge < -0.3 is 9.64 Å². The summed E-state index contributed by atoms with van der Waals surface area (Å²) in [6, 6.07) is 4.99. The second kappa shape index (κ2) is 8.92. The minimum absolute atomic E-state index is 0.0337. The van der Waals surface area contributed by atoms with Gasteiger partial charge in [-0.05, 0) is 42.7 Å². The smallest absolute Gasteiger partial charge is 0.378 e. The maximum atomic E-state index is 13.8. The highest BCUT2D eigenvalue weighted by Gasteiger charge is 2.55. The third-order valence-electron chi connectivity index (χ3n) is 7.23. The predicted octanol–water partition coefficient (Wildman–Crippen LogP) is 3.02. The molecule has 3 aromatic rings. The molecular weight excluding hydrogens is 519 g/mol. The van der Waals surface area contributed by atoms with Crippen LogP contribution < -0.4 is 4.90 Å². The summed E-state index contributed by atoms with van der Waals surface area (Å²) < 4.78 is 137. The molecule has 8 nitrogen and oxygen atoms in total. The topological polar surface area (TPSA) is 80.0 Å². The zero-order valence-corrected chi connectivity index (χ0v) is 21.4. The molecule has 6 rings (SSSR count). The number of fused-ring (bicyclic) bond motifs is 1. The number of aromatic nitrogens is 3. The number of benzene rings is 1. The van der Waals surface area contributed by atoms with Crippen molar-refractivity contribution >= 4 is 21.3 Å². The number of hydrogen-bond donors (Lipinski definition) is 0. The van der Waals surface area contributed by atoms with E-state index >= 15 is 0 Å². The van der Waals surface area contributed by atoms with Crippen LogP contribution in [0.2, 0.25) is 0 Å². The van der Waals surface area contributed by atoms with Crippen molar-refractivity contribution in [2.45, 2.75) is 33.0 Å². The number of hydrogen-bond acceptors (Lipinski definition) is 7. The zero-order chi connectivity index (χ0) is 34.0. The van der Waals surface area contributed by atoms with Crippen LogP contribution in [0.25, 0.3) is 5.65 Å². The molecule has 0 unspecified atom stereocenters. The second-order valence-electron chi connectivity index (χ2n) is 10.2. The van der Waals surface area contributed by atoms with E-state index in [2.05, 4.69) is 9.84 Å². The maximum Gasteiger partial charge on any atom is 0.416 e. The molecule has 0 atom stereocenters. The van der Waals surface area contributed by atoms with Gasteiger partial charge in [0.1, 0.15) is 5.82 Å². The summed E-state index contributed by atoms with van der Waals surface area (Å²) in [6.45, 7) is -9.17. The Morgan fingerprint density at radius 1 is 1.16 bits per heavy atom. The Kier molecular flexibility index (Phi) is 4.18. The van der Waals surface area contributed by atoms with Crippen LogP contribution in [0.3, 0.4) is 0 Å². The van der Waals surface area contributed by atoms with Gasteiger partial charge in [0.2, 0.25) is 0 Å². The van der Waals surface area contributed by atoms with Gasteiger partial charge in [-0.2, -0.15) is 13.2 Å². The standard InChI is InChI=1S/C26H30F3N5O3S/c1-17-10-23(33-6-8-37-9-7-33)31-34-22(11-19-4-3-5-20(18(19)2)26(27,28)29)21(30-24(17)34)12-32-13-25(14-32)15-38(35,36)16-25/h3-5,10H,6-9,11-16H2,1-2H3/i6D2,7D2,8D2,9D2. The molecule has 204 valence electrons. The van der Waals surface area contributed by atoms with Gasteiger partial charge in [-0.3, -0.25) is 4.90 Å². The fourth-order valence-corrected chi connectivity index (χ4v) is 7.77. The van der Waals surface area contributed by atoms with E-state index in [1.165, 1.54) is 29.6 Å². The molecular formula is C26H30F3N5O3S. The highest BCUT2D eigenvalue weighted by molar-refractivity contribution is 7.92. The first-order valence-corrected chi connectivity index (χ1v) is 13.7. The van der Waals surface area contributed by atoms with Crippen molar-refractivity contribution in [3.63, 3.8) is 0 Å². The zero-order valence-electron chi connectivity index (χ0n) is 28.6. The average molecular weight is 558 g/mol. The number of ether oxygens (including phenoxy) is 1. The Balaban J connectivity index is 1.48. The molecule has 3 saturated heterocycles. The minimum Gasteiger partial charge on any atom is -0.378 e. The van der Waals surface area contributed by atoms with Gasteiger partial charge in [0, 0.05) is 44.5 Å². The highest BCUT2D eigenvalue weighted by Crippen LogP contribution is 2.42. The van der Waals surface area contributed by atoms with Crippen LogP contribution in [0.15, 0.2) is 24.3 Å². The van der Waals surface area contributed by atoms with E-state index in [0.717, 1.165) is 6.07 Å². The van der Waals surface area contributed by atoms with Gasteiger partial charge in [-0.1, -0.05) is 12.1 Å². The summed E-state index contributed by atoms with van der Waals surface area (Å²) in [4.78, 5) is 6.90. The molecule has 0 N–H and O–H groups in total. The largest absolute Gasteiger partial charge is 0.416 e. The molecule has 0 amide bonds.